The minimum absolute atomic E-state index is 0.146. The normalized spacial score (nSPS) is 23.5. The Bertz CT molecular complexity index is 502. The van der Waals surface area contributed by atoms with Crippen LogP contribution in [0.5, 0.6) is 0 Å². The maximum Gasteiger partial charge on any atom is 0.230 e. The van der Waals surface area contributed by atoms with E-state index in [0.717, 1.165) is 25.1 Å². The van der Waals surface area contributed by atoms with Gasteiger partial charge in [0.25, 0.3) is 0 Å². The van der Waals surface area contributed by atoms with Crippen LogP contribution in [0, 0.1) is 11.8 Å². The maximum absolute atomic E-state index is 12.7. The molecule has 3 rings (SSSR count). The minimum Gasteiger partial charge on any atom is -0.316 e. The monoisotopic (exact) mass is 283 g/mol. The van der Waals surface area contributed by atoms with Crippen LogP contribution in [0.2, 0.25) is 0 Å². The fraction of sp³-hybridized carbons (Fsp3) is 0.526. The molecule has 2 fully saturated rings. The van der Waals surface area contributed by atoms with Crippen LogP contribution >= 0.6 is 0 Å². The maximum atomic E-state index is 12.7. The van der Waals surface area contributed by atoms with Crippen LogP contribution in [-0.4, -0.2) is 17.4 Å². The summed E-state index contributed by atoms with van der Waals surface area (Å²) < 4.78 is 0. The third-order valence-electron chi connectivity index (χ3n) is 5.06. The quantitative estimate of drug-likeness (QED) is 0.812. The van der Waals surface area contributed by atoms with E-state index in [9.17, 15) is 4.79 Å². The van der Waals surface area contributed by atoms with Gasteiger partial charge in [0.05, 0.1) is 0 Å². The molecule has 0 spiro atoms. The Morgan fingerprint density at radius 3 is 2.52 bits per heavy atom. The van der Waals surface area contributed by atoms with E-state index >= 15 is 0 Å². The number of allylic oxidation sites excluding steroid dienone is 1. The van der Waals surface area contributed by atoms with Gasteiger partial charge in [-0.2, -0.15) is 0 Å². The van der Waals surface area contributed by atoms with E-state index in [1.165, 1.54) is 37.7 Å². The molecule has 0 aromatic heterocycles. The molecule has 1 aromatic carbocycles. The van der Waals surface area contributed by atoms with Crippen LogP contribution in [0.4, 0.5) is 0 Å². The molecule has 112 valence electrons. The number of hydrogen-bond donors (Lipinski definition) is 0. The van der Waals surface area contributed by atoms with E-state index in [1.54, 1.807) is 0 Å². The zero-order valence-electron chi connectivity index (χ0n) is 12.8. The van der Waals surface area contributed by atoms with Gasteiger partial charge in [0, 0.05) is 18.2 Å². The van der Waals surface area contributed by atoms with E-state index in [2.05, 4.69) is 18.7 Å². The SMILES string of the molecule is C=C(C1CCCCC1)N1CCC(Cc2ccccc2)C1=O. The molecular weight excluding hydrogens is 258 g/mol. The first kappa shape index (κ1) is 14.4. The largest absolute Gasteiger partial charge is 0.316 e. The summed E-state index contributed by atoms with van der Waals surface area (Å²) in [7, 11) is 0. The zero-order chi connectivity index (χ0) is 14.7. The lowest BCUT2D eigenvalue weighted by molar-refractivity contribution is -0.129. The first-order valence-electron chi connectivity index (χ1n) is 8.30. The van der Waals surface area contributed by atoms with Crippen LogP contribution in [-0.2, 0) is 11.2 Å². The third kappa shape index (κ3) is 3.20. The van der Waals surface area contributed by atoms with Crippen molar-refractivity contribution < 1.29 is 4.79 Å². The Hall–Kier alpha value is -1.57. The van der Waals surface area contributed by atoms with Crippen molar-refractivity contribution in [1.82, 2.24) is 4.90 Å². The smallest absolute Gasteiger partial charge is 0.230 e. The highest BCUT2D eigenvalue weighted by molar-refractivity contribution is 5.82. The van der Waals surface area contributed by atoms with Gasteiger partial charge >= 0.3 is 0 Å². The van der Waals surface area contributed by atoms with Crippen molar-refractivity contribution in [3.63, 3.8) is 0 Å². The van der Waals surface area contributed by atoms with Gasteiger partial charge in [0.2, 0.25) is 5.91 Å². The Labute approximate surface area is 127 Å². The van der Waals surface area contributed by atoms with E-state index in [0.29, 0.717) is 11.8 Å². The van der Waals surface area contributed by atoms with Gasteiger partial charge in [-0.1, -0.05) is 56.2 Å². The molecule has 0 bridgehead atoms. The molecule has 1 aliphatic heterocycles. The van der Waals surface area contributed by atoms with Crippen molar-refractivity contribution in [3.05, 3.63) is 48.2 Å². The summed E-state index contributed by atoms with van der Waals surface area (Å²) in [6.07, 6.45) is 8.19. The number of hydrogen-bond acceptors (Lipinski definition) is 1. The Morgan fingerprint density at radius 1 is 1.10 bits per heavy atom. The Morgan fingerprint density at radius 2 is 1.81 bits per heavy atom. The van der Waals surface area contributed by atoms with Gasteiger partial charge in [-0.05, 0) is 37.2 Å². The van der Waals surface area contributed by atoms with Crippen molar-refractivity contribution in [2.24, 2.45) is 11.8 Å². The van der Waals surface area contributed by atoms with Crippen LogP contribution < -0.4 is 0 Å². The summed E-state index contributed by atoms with van der Waals surface area (Å²) in [5.74, 6) is 0.986. The molecule has 1 saturated heterocycles. The summed E-state index contributed by atoms with van der Waals surface area (Å²) >= 11 is 0. The standard InChI is InChI=1S/C19H25NO/c1-15(17-10-6-3-7-11-17)20-13-12-18(19(20)21)14-16-8-4-2-5-9-16/h2,4-5,8-9,17-18H,1,3,6-7,10-14H2. The number of benzene rings is 1. The molecule has 1 atom stereocenters. The molecule has 1 aliphatic carbocycles. The molecule has 1 amide bonds. The van der Waals surface area contributed by atoms with Gasteiger partial charge in [0.15, 0.2) is 0 Å². The second kappa shape index (κ2) is 6.46. The van der Waals surface area contributed by atoms with Crippen LogP contribution in [0.25, 0.3) is 0 Å². The number of likely N-dealkylation sites (tertiary alicyclic amines) is 1. The average Bonchev–Trinajstić information content (AvgIpc) is 2.89. The number of rotatable bonds is 4. The predicted molar refractivity (Wildman–Crippen MR) is 85.7 cm³/mol. The molecule has 2 heteroatoms. The van der Waals surface area contributed by atoms with Crippen molar-refractivity contribution in [3.8, 4) is 0 Å². The molecule has 1 heterocycles. The lowest BCUT2D eigenvalue weighted by atomic mass is 9.87. The van der Waals surface area contributed by atoms with E-state index in [-0.39, 0.29) is 5.92 Å². The molecule has 2 nitrogen and oxygen atoms in total. The topological polar surface area (TPSA) is 20.3 Å². The number of carbonyl (C=O) groups excluding carboxylic acids is 1. The number of carbonyl (C=O) groups is 1. The lowest BCUT2D eigenvalue weighted by Crippen LogP contribution is -2.31. The molecule has 1 unspecified atom stereocenters. The van der Waals surface area contributed by atoms with E-state index in [1.807, 2.05) is 23.1 Å². The number of amides is 1. The molecule has 1 saturated carbocycles. The Kier molecular flexibility index (Phi) is 4.42. The fourth-order valence-corrected chi connectivity index (χ4v) is 3.77. The molecule has 21 heavy (non-hydrogen) atoms. The summed E-state index contributed by atoms with van der Waals surface area (Å²) in [6, 6.07) is 10.4. The minimum atomic E-state index is 0.146. The predicted octanol–water partition coefficient (Wildman–Crippen LogP) is 4.17. The van der Waals surface area contributed by atoms with E-state index < -0.39 is 0 Å². The summed E-state index contributed by atoms with van der Waals surface area (Å²) in [4.78, 5) is 14.6. The van der Waals surface area contributed by atoms with E-state index in [4.69, 9.17) is 0 Å². The average molecular weight is 283 g/mol. The fourth-order valence-electron chi connectivity index (χ4n) is 3.77. The molecular formula is C19H25NO. The molecule has 1 aromatic rings. The van der Waals surface area contributed by atoms with Gasteiger partial charge in [-0.3, -0.25) is 4.79 Å². The zero-order valence-corrected chi connectivity index (χ0v) is 12.8. The first-order valence-corrected chi connectivity index (χ1v) is 8.30. The van der Waals surface area contributed by atoms with Crippen molar-refractivity contribution >= 4 is 5.91 Å². The summed E-state index contributed by atoms with van der Waals surface area (Å²) in [5.41, 5.74) is 2.36. The van der Waals surface area contributed by atoms with Gasteiger partial charge in [-0.15, -0.1) is 0 Å². The second-order valence-corrected chi connectivity index (χ2v) is 6.49. The van der Waals surface area contributed by atoms with Gasteiger partial charge in [0.1, 0.15) is 0 Å². The van der Waals surface area contributed by atoms with Gasteiger partial charge in [-0.25, -0.2) is 0 Å². The first-order chi connectivity index (χ1) is 10.3. The highest BCUT2D eigenvalue weighted by Gasteiger charge is 2.35. The summed E-state index contributed by atoms with van der Waals surface area (Å²) in [6.45, 7) is 5.12. The lowest BCUT2D eigenvalue weighted by Gasteiger charge is -2.29. The highest BCUT2D eigenvalue weighted by Crippen LogP contribution is 2.34. The van der Waals surface area contributed by atoms with Crippen LogP contribution in [0.3, 0.4) is 0 Å². The van der Waals surface area contributed by atoms with Crippen molar-refractivity contribution in [1.29, 1.82) is 0 Å². The van der Waals surface area contributed by atoms with Crippen molar-refractivity contribution in [2.75, 3.05) is 6.54 Å². The summed E-state index contributed by atoms with van der Waals surface area (Å²) in [5, 5.41) is 0. The Balaban J connectivity index is 1.62. The molecule has 2 aliphatic rings. The molecule has 0 radical (unpaired) electrons. The van der Waals surface area contributed by atoms with Crippen LogP contribution in [0.15, 0.2) is 42.6 Å². The van der Waals surface area contributed by atoms with Crippen LogP contribution in [0.1, 0.15) is 44.1 Å². The molecule has 0 N–H and O–H groups in total. The number of nitrogens with zero attached hydrogens (tertiary/aromatic N) is 1. The second-order valence-electron chi connectivity index (χ2n) is 6.49. The third-order valence-corrected chi connectivity index (χ3v) is 5.06. The van der Waals surface area contributed by atoms with Crippen molar-refractivity contribution in [2.45, 2.75) is 44.9 Å². The van der Waals surface area contributed by atoms with Gasteiger partial charge < -0.3 is 4.90 Å². The highest BCUT2D eigenvalue weighted by atomic mass is 16.2.